The van der Waals surface area contributed by atoms with Crippen LogP contribution in [0.25, 0.3) is 0 Å². The number of ether oxygens (including phenoxy) is 1. The molecule has 0 aromatic heterocycles. The second-order valence-corrected chi connectivity index (χ2v) is 2.59. The topological polar surface area (TPSA) is 78.3 Å². The van der Waals surface area contributed by atoms with Crippen LogP contribution in [0.5, 0.6) is 0 Å². The molecule has 0 aliphatic rings. The van der Waals surface area contributed by atoms with Crippen LogP contribution in [0.3, 0.4) is 0 Å². The summed E-state index contributed by atoms with van der Waals surface area (Å²) >= 11 is 0. The summed E-state index contributed by atoms with van der Waals surface area (Å²) in [4.78, 5) is 9.82. The summed E-state index contributed by atoms with van der Waals surface area (Å²) < 4.78 is 4.40. The maximum absolute atomic E-state index is 9.82. The number of carbonyl (C=O) groups excluding carboxylic acids is 1. The Labute approximate surface area is 83.9 Å². The highest BCUT2D eigenvalue weighted by atomic mass is 16.5. The summed E-state index contributed by atoms with van der Waals surface area (Å²) in [6, 6.07) is 7.15. The van der Waals surface area contributed by atoms with Gasteiger partial charge in [0.05, 0.1) is 6.61 Å². The molecule has 0 bridgehead atoms. The Balaban J connectivity index is 0.000000255. The minimum atomic E-state index is -0.211. The van der Waals surface area contributed by atoms with Gasteiger partial charge < -0.3 is 16.2 Å². The van der Waals surface area contributed by atoms with Gasteiger partial charge in [0.1, 0.15) is 0 Å². The normalized spacial score (nSPS) is 8.43. The van der Waals surface area contributed by atoms with Gasteiger partial charge in [-0.2, -0.15) is 0 Å². The molecule has 0 aliphatic carbocycles. The van der Waals surface area contributed by atoms with Gasteiger partial charge in [0.2, 0.25) is 0 Å². The Morgan fingerprint density at radius 2 is 1.86 bits per heavy atom. The van der Waals surface area contributed by atoms with Crippen LogP contribution in [0.15, 0.2) is 24.3 Å². The van der Waals surface area contributed by atoms with Crippen LogP contribution in [0.4, 0.5) is 11.4 Å². The molecule has 0 saturated carbocycles. The van der Waals surface area contributed by atoms with Crippen molar-refractivity contribution in [2.45, 2.75) is 13.8 Å². The van der Waals surface area contributed by atoms with E-state index in [0.29, 0.717) is 18.0 Å². The van der Waals surface area contributed by atoms with Crippen molar-refractivity contribution in [2.24, 2.45) is 0 Å². The largest absolute Gasteiger partial charge is 0.466 e. The fourth-order valence-corrected chi connectivity index (χ4v) is 0.762. The molecule has 0 unspecified atom stereocenters. The van der Waals surface area contributed by atoms with Crippen LogP contribution < -0.4 is 11.5 Å². The molecule has 0 spiro atoms. The molecule has 4 heteroatoms. The van der Waals surface area contributed by atoms with Crippen LogP contribution in [-0.2, 0) is 9.53 Å². The molecule has 1 aromatic rings. The average molecular weight is 196 g/mol. The van der Waals surface area contributed by atoms with Crippen LogP contribution in [0.2, 0.25) is 0 Å². The number of hydrogen-bond acceptors (Lipinski definition) is 4. The van der Waals surface area contributed by atoms with Crippen LogP contribution in [0, 0.1) is 0 Å². The first-order valence-corrected chi connectivity index (χ1v) is 4.30. The monoisotopic (exact) mass is 196 g/mol. The lowest BCUT2D eigenvalue weighted by Gasteiger charge is -1.91. The molecule has 14 heavy (non-hydrogen) atoms. The standard InChI is InChI=1S/C6H8N2.C4H8O2/c7-5-2-1-3-6(8)4-5;1-3-6-4(2)5/h1-4H,7-8H2;3H2,1-2H3. The molecule has 0 fully saturated rings. The van der Waals surface area contributed by atoms with E-state index >= 15 is 0 Å². The van der Waals surface area contributed by atoms with E-state index in [0.717, 1.165) is 0 Å². The van der Waals surface area contributed by atoms with Gasteiger partial charge >= 0.3 is 5.97 Å². The molecule has 0 heterocycles. The van der Waals surface area contributed by atoms with Gasteiger partial charge in [0.25, 0.3) is 0 Å². The fourth-order valence-electron chi connectivity index (χ4n) is 0.762. The molecule has 0 aliphatic heterocycles. The van der Waals surface area contributed by atoms with Gasteiger partial charge in [-0.25, -0.2) is 0 Å². The van der Waals surface area contributed by atoms with E-state index in [9.17, 15) is 4.79 Å². The predicted molar refractivity (Wildman–Crippen MR) is 57.6 cm³/mol. The average Bonchev–Trinajstić information content (AvgIpc) is 2.03. The Morgan fingerprint density at radius 3 is 2.00 bits per heavy atom. The molecule has 0 atom stereocenters. The summed E-state index contributed by atoms with van der Waals surface area (Å²) in [5.74, 6) is -0.211. The van der Waals surface area contributed by atoms with E-state index in [1.165, 1.54) is 6.92 Å². The minimum absolute atomic E-state index is 0.211. The van der Waals surface area contributed by atoms with Crippen molar-refractivity contribution < 1.29 is 9.53 Å². The summed E-state index contributed by atoms with van der Waals surface area (Å²) in [5, 5.41) is 0. The van der Waals surface area contributed by atoms with Crippen molar-refractivity contribution >= 4 is 17.3 Å². The molecular weight excluding hydrogens is 180 g/mol. The maximum Gasteiger partial charge on any atom is 0.302 e. The molecular formula is C10H16N2O2. The van der Waals surface area contributed by atoms with Crippen LogP contribution in [0.1, 0.15) is 13.8 Å². The van der Waals surface area contributed by atoms with Crippen molar-refractivity contribution in [3.63, 3.8) is 0 Å². The Bertz CT molecular complexity index is 270. The van der Waals surface area contributed by atoms with Crippen LogP contribution in [-0.4, -0.2) is 12.6 Å². The van der Waals surface area contributed by atoms with E-state index in [4.69, 9.17) is 11.5 Å². The number of nitrogen functional groups attached to an aromatic ring is 2. The summed E-state index contributed by atoms with van der Waals surface area (Å²) in [6.07, 6.45) is 0. The molecule has 0 amide bonds. The number of benzene rings is 1. The smallest absolute Gasteiger partial charge is 0.302 e. The van der Waals surface area contributed by atoms with Crippen molar-refractivity contribution in [1.29, 1.82) is 0 Å². The number of hydrogen-bond donors (Lipinski definition) is 2. The summed E-state index contributed by atoms with van der Waals surface area (Å²) in [7, 11) is 0. The lowest BCUT2D eigenvalue weighted by molar-refractivity contribution is -0.140. The molecule has 4 N–H and O–H groups in total. The van der Waals surface area contributed by atoms with Crippen molar-refractivity contribution in [3.8, 4) is 0 Å². The minimum Gasteiger partial charge on any atom is -0.466 e. The Hall–Kier alpha value is -1.71. The van der Waals surface area contributed by atoms with E-state index in [1.54, 1.807) is 25.1 Å². The highest BCUT2D eigenvalue weighted by Crippen LogP contribution is 2.06. The van der Waals surface area contributed by atoms with Gasteiger partial charge in [-0.1, -0.05) is 6.07 Å². The van der Waals surface area contributed by atoms with E-state index in [1.807, 2.05) is 6.07 Å². The summed E-state index contributed by atoms with van der Waals surface area (Å²) in [6.45, 7) is 3.65. The highest BCUT2D eigenvalue weighted by molar-refractivity contribution is 5.65. The molecule has 78 valence electrons. The van der Waals surface area contributed by atoms with Gasteiger partial charge in [0, 0.05) is 18.3 Å². The first-order chi connectivity index (χ1) is 6.56. The van der Waals surface area contributed by atoms with E-state index in [-0.39, 0.29) is 5.97 Å². The molecule has 0 saturated heterocycles. The maximum atomic E-state index is 9.82. The van der Waals surface area contributed by atoms with Gasteiger partial charge in [-0.15, -0.1) is 0 Å². The first kappa shape index (κ1) is 12.3. The first-order valence-electron chi connectivity index (χ1n) is 4.30. The third kappa shape index (κ3) is 6.97. The Morgan fingerprint density at radius 1 is 1.36 bits per heavy atom. The second-order valence-electron chi connectivity index (χ2n) is 2.59. The SMILES string of the molecule is CCOC(C)=O.Nc1cccc(N)c1. The number of rotatable bonds is 1. The van der Waals surface area contributed by atoms with E-state index in [2.05, 4.69) is 4.74 Å². The molecule has 0 radical (unpaired) electrons. The van der Waals surface area contributed by atoms with Crippen molar-refractivity contribution in [2.75, 3.05) is 18.1 Å². The van der Waals surface area contributed by atoms with Gasteiger partial charge in [-0.3, -0.25) is 4.79 Å². The zero-order chi connectivity index (χ0) is 11.0. The number of nitrogens with two attached hydrogens (primary N) is 2. The van der Waals surface area contributed by atoms with Crippen LogP contribution >= 0.6 is 0 Å². The number of anilines is 2. The second kappa shape index (κ2) is 6.77. The van der Waals surface area contributed by atoms with Crippen molar-refractivity contribution in [1.82, 2.24) is 0 Å². The Kier molecular flexibility index (Phi) is 5.94. The lowest BCUT2D eigenvalue weighted by Crippen LogP contribution is -1.95. The summed E-state index contributed by atoms with van der Waals surface area (Å²) in [5.41, 5.74) is 12.2. The number of carbonyl (C=O) groups is 1. The molecule has 4 nitrogen and oxygen atoms in total. The fraction of sp³-hybridized carbons (Fsp3) is 0.300. The molecule has 1 rings (SSSR count). The highest BCUT2D eigenvalue weighted by Gasteiger charge is 1.82. The predicted octanol–water partition coefficient (Wildman–Crippen LogP) is 1.42. The van der Waals surface area contributed by atoms with Gasteiger partial charge in [0.15, 0.2) is 0 Å². The van der Waals surface area contributed by atoms with E-state index < -0.39 is 0 Å². The third-order valence-corrected chi connectivity index (χ3v) is 1.26. The molecule has 1 aromatic carbocycles. The number of esters is 1. The zero-order valence-corrected chi connectivity index (χ0v) is 8.49. The lowest BCUT2D eigenvalue weighted by atomic mass is 10.3. The van der Waals surface area contributed by atoms with Gasteiger partial charge in [-0.05, 0) is 25.1 Å². The third-order valence-electron chi connectivity index (χ3n) is 1.26. The van der Waals surface area contributed by atoms with Crippen molar-refractivity contribution in [3.05, 3.63) is 24.3 Å². The quantitative estimate of drug-likeness (QED) is 0.526. The zero-order valence-electron chi connectivity index (χ0n) is 8.49.